The summed E-state index contributed by atoms with van der Waals surface area (Å²) in [5.74, 6) is 1.82. The molecule has 86 valence electrons. The molecule has 8 nitrogen and oxygen atoms in total. The molecule has 2 rings (SSSR count). The first kappa shape index (κ1) is 11.3. The van der Waals surface area contributed by atoms with Crippen molar-refractivity contribution in [3.63, 3.8) is 0 Å². The molecule has 0 N–H and O–H groups in total. The van der Waals surface area contributed by atoms with E-state index >= 15 is 0 Å². The van der Waals surface area contributed by atoms with Crippen molar-refractivity contribution in [2.45, 2.75) is 10.3 Å². The monoisotopic (exact) mass is 258 g/mol. The van der Waals surface area contributed by atoms with E-state index in [-0.39, 0.29) is 0 Å². The lowest BCUT2D eigenvalue weighted by Crippen LogP contribution is -1.96. The van der Waals surface area contributed by atoms with Crippen LogP contribution in [-0.2, 0) is 14.1 Å². The van der Waals surface area contributed by atoms with Gasteiger partial charge in [0.15, 0.2) is 0 Å². The molecule has 0 saturated heterocycles. The number of rotatable bonds is 5. The van der Waals surface area contributed by atoms with E-state index in [1.54, 1.807) is 32.9 Å². The van der Waals surface area contributed by atoms with E-state index in [0.717, 1.165) is 21.8 Å². The molecule has 16 heavy (non-hydrogen) atoms. The first-order valence-electron chi connectivity index (χ1n) is 4.47. The van der Waals surface area contributed by atoms with E-state index in [2.05, 4.69) is 31.1 Å². The quantitative estimate of drug-likeness (QED) is 0.529. The molecule has 0 atom stereocenters. The molecule has 0 aliphatic carbocycles. The Balaban J connectivity index is 1.74. The maximum absolute atomic E-state index is 3.88. The summed E-state index contributed by atoms with van der Waals surface area (Å²) in [7, 11) is 3.64. The standard InChI is InChI=1S/C6H10N8S2/c1-13-5(7-9-11-13)15-3-4-16-6-8-10-12-14(6)2/h3-4H2,1-2H3. The van der Waals surface area contributed by atoms with Gasteiger partial charge >= 0.3 is 0 Å². The number of tetrazole rings is 2. The lowest BCUT2D eigenvalue weighted by molar-refractivity contribution is 0.664. The Morgan fingerprint density at radius 1 is 0.875 bits per heavy atom. The summed E-state index contributed by atoms with van der Waals surface area (Å²) in [4.78, 5) is 0. The molecule has 0 spiro atoms. The minimum absolute atomic E-state index is 0.816. The van der Waals surface area contributed by atoms with Crippen LogP contribution in [0.15, 0.2) is 10.3 Å². The summed E-state index contributed by atoms with van der Waals surface area (Å²) in [6, 6.07) is 0. The van der Waals surface area contributed by atoms with E-state index in [1.165, 1.54) is 0 Å². The van der Waals surface area contributed by atoms with Crippen molar-refractivity contribution in [1.29, 1.82) is 0 Å². The number of thioether (sulfide) groups is 2. The van der Waals surface area contributed by atoms with Gasteiger partial charge in [-0.05, 0) is 20.9 Å². The van der Waals surface area contributed by atoms with Crippen LogP contribution in [-0.4, -0.2) is 51.9 Å². The number of aromatic nitrogens is 8. The van der Waals surface area contributed by atoms with Gasteiger partial charge in [0.1, 0.15) is 0 Å². The highest BCUT2D eigenvalue weighted by molar-refractivity contribution is 8.02. The Morgan fingerprint density at radius 3 is 1.62 bits per heavy atom. The molecule has 0 saturated carbocycles. The largest absolute Gasteiger partial charge is 0.224 e. The zero-order chi connectivity index (χ0) is 11.4. The minimum atomic E-state index is 0.816. The van der Waals surface area contributed by atoms with Gasteiger partial charge in [-0.15, -0.1) is 10.2 Å². The second kappa shape index (κ2) is 5.25. The van der Waals surface area contributed by atoms with Gasteiger partial charge in [0.25, 0.3) is 0 Å². The molecule has 0 aliphatic heterocycles. The Kier molecular flexibility index (Phi) is 3.72. The molecular weight excluding hydrogens is 248 g/mol. The maximum Gasteiger partial charge on any atom is 0.209 e. The Labute approximate surface area is 100 Å². The van der Waals surface area contributed by atoms with Crippen molar-refractivity contribution in [3.05, 3.63) is 0 Å². The average molecular weight is 258 g/mol. The zero-order valence-electron chi connectivity index (χ0n) is 8.81. The van der Waals surface area contributed by atoms with Crippen molar-refractivity contribution in [3.8, 4) is 0 Å². The van der Waals surface area contributed by atoms with Crippen LogP contribution >= 0.6 is 23.5 Å². The van der Waals surface area contributed by atoms with Gasteiger partial charge in [0.2, 0.25) is 10.3 Å². The predicted molar refractivity (Wildman–Crippen MR) is 59.0 cm³/mol. The highest BCUT2D eigenvalue weighted by Crippen LogP contribution is 2.18. The van der Waals surface area contributed by atoms with Crippen LogP contribution in [0.5, 0.6) is 0 Å². The summed E-state index contributed by atoms with van der Waals surface area (Å²) < 4.78 is 3.30. The van der Waals surface area contributed by atoms with Crippen molar-refractivity contribution in [1.82, 2.24) is 40.4 Å². The van der Waals surface area contributed by atoms with Gasteiger partial charge in [-0.2, -0.15) is 0 Å². The Hall–Kier alpha value is -1.16. The van der Waals surface area contributed by atoms with Crippen LogP contribution in [0, 0.1) is 0 Å². The van der Waals surface area contributed by atoms with Gasteiger partial charge in [-0.3, -0.25) is 0 Å². The van der Waals surface area contributed by atoms with Gasteiger partial charge in [-0.25, -0.2) is 9.36 Å². The molecule has 0 fully saturated rings. The summed E-state index contributed by atoms with van der Waals surface area (Å²) in [5.41, 5.74) is 0. The first-order chi connectivity index (χ1) is 7.77. The number of hydrogen-bond acceptors (Lipinski definition) is 8. The topological polar surface area (TPSA) is 87.2 Å². The minimum Gasteiger partial charge on any atom is -0.224 e. The lowest BCUT2D eigenvalue weighted by Gasteiger charge is -1.98. The fourth-order valence-electron chi connectivity index (χ4n) is 0.953. The highest BCUT2D eigenvalue weighted by atomic mass is 32.2. The number of aryl methyl sites for hydroxylation is 2. The molecule has 10 heteroatoms. The molecule has 0 bridgehead atoms. The Bertz CT molecular complexity index is 409. The van der Waals surface area contributed by atoms with Gasteiger partial charge in [-0.1, -0.05) is 23.5 Å². The second-order valence-corrected chi connectivity index (χ2v) is 4.99. The SMILES string of the molecule is Cn1nnnc1SCCSc1nnnn1C. The summed E-state index contributed by atoms with van der Waals surface area (Å²) in [6.45, 7) is 0. The fraction of sp³-hybridized carbons (Fsp3) is 0.667. The van der Waals surface area contributed by atoms with Crippen LogP contribution in [0.1, 0.15) is 0 Å². The van der Waals surface area contributed by atoms with Crippen LogP contribution in [0.4, 0.5) is 0 Å². The average Bonchev–Trinajstić information content (AvgIpc) is 2.84. The summed E-state index contributed by atoms with van der Waals surface area (Å²) in [5, 5.41) is 24.0. The van der Waals surface area contributed by atoms with Crippen LogP contribution < -0.4 is 0 Å². The molecule has 0 radical (unpaired) electrons. The zero-order valence-corrected chi connectivity index (χ0v) is 10.4. The van der Waals surface area contributed by atoms with E-state index in [4.69, 9.17) is 0 Å². The molecule has 0 unspecified atom stereocenters. The highest BCUT2D eigenvalue weighted by Gasteiger charge is 2.05. The van der Waals surface area contributed by atoms with E-state index < -0.39 is 0 Å². The van der Waals surface area contributed by atoms with E-state index in [9.17, 15) is 0 Å². The number of nitrogens with zero attached hydrogens (tertiary/aromatic N) is 8. The molecule has 0 aliphatic rings. The molecule has 0 aromatic carbocycles. The maximum atomic E-state index is 3.88. The van der Waals surface area contributed by atoms with Gasteiger partial charge in [0.05, 0.1) is 0 Å². The van der Waals surface area contributed by atoms with Crippen LogP contribution in [0.3, 0.4) is 0 Å². The first-order valence-corrected chi connectivity index (χ1v) is 6.45. The van der Waals surface area contributed by atoms with Gasteiger partial charge < -0.3 is 0 Å². The molecule has 0 amide bonds. The fourth-order valence-corrected chi connectivity index (χ4v) is 2.62. The molecule has 2 heterocycles. The van der Waals surface area contributed by atoms with Crippen LogP contribution in [0.25, 0.3) is 0 Å². The van der Waals surface area contributed by atoms with Crippen molar-refractivity contribution >= 4 is 23.5 Å². The molecule has 2 aromatic heterocycles. The van der Waals surface area contributed by atoms with Gasteiger partial charge in [0, 0.05) is 25.6 Å². The smallest absolute Gasteiger partial charge is 0.209 e. The van der Waals surface area contributed by atoms with E-state index in [0.29, 0.717) is 0 Å². The second-order valence-electron chi connectivity index (χ2n) is 2.87. The molecule has 2 aromatic rings. The Morgan fingerprint density at radius 2 is 1.31 bits per heavy atom. The third kappa shape index (κ3) is 2.70. The van der Waals surface area contributed by atoms with Crippen molar-refractivity contribution < 1.29 is 0 Å². The lowest BCUT2D eigenvalue weighted by atomic mass is 11.0. The molecular formula is C6H10N8S2. The predicted octanol–water partition coefficient (Wildman–Crippen LogP) is -0.382. The van der Waals surface area contributed by atoms with Crippen LogP contribution in [0.2, 0.25) is 0 Å². The third-order valence-corrected chi connectivity index (χ3v) is 3.99. The summed E-state index contributed by atoms with van der Waals surface area (Å²) >= 11 is 3.22. The number of hydrogen-bond donors (Lipinski definition) is 0. The summed E-state index contributed by atoms with van der Waals surface area (Å²) in [6.07, 6.45) is 0. The normalized spacial score (nSPS) is 10.9. The van der Waals surface area contributed by atoms with E-state index in [1.807, 2.05) is 14.1 Å². The van der Waals surface area contributed by atoms with Crippen molar-refractivity contribution in [2.75, 3.05) is 11.5 Å². The third-order valence-electron chi connectivity index (χ3n) is 1.71. The van der Waals surface area contributed by atoms with Crippen molar-refractivity contribution in [2.24, 2.45) is 14.1 Å².